The van der Waals surface area contributed by atoms with Crippen LogP contribution in [0.3, 0.4) is 0 Å². The lowest BCUT2D eigenvalue weighted by Gasteiger charge is -2.40. The molecule has 0 radical (unpaired) electrons. The zero-order chi connectivity index (χ0) is 27.6. The number of nitrogens with one attached hydrogen (secondary N) is 1. The van der Waals surface area contributed by atoms with E-state index in [9.17, 15) is 9.59 Å². The Morgan fingerprint density at radius 1 is 1.05 bits per heavy atom. The summed E-state index contributed by atoms with van der Waals surface area (Å²) in [5, 5.41) is 4.70. The highest BCUT2D eigenvalue weighted by Gasteiger charge is 2.41. The fraction of sp³-hybridized carbons (Fsp3) is 0.424. The summed E-state index contributed by atoms with van der Waals surface area (Å²) in [6.45, 7) is 6.49. The number of benzene rings is 2. The molecule has 1 atom stereocenters. The molecular formula is C33H38N2O4. The lowest BCUT2D eigenvalue weighted by molar-refractivity contribution is -0.134. The molecule has 39 heavy (non-hydrogen) atoms. The summed E-state index contributed by atoms with van der Waals surface area (Å²) in [6, 6.07) is 13.4. The molecule has 1 aliphatic carbocycles. The first kappa shape index (κ1) is 26.9. The van der Waals surface area contributed by atoms with Gasteiger partial charge < -0.3 is 14.8 Å². The Labute approximate surface area is 230 Å². The van der Waals surface area contributed by atoms with Gasteiger partial charge in [0.05, 0.1) is 18.7 Å². The molecule has 0 spiro atoms. The van der Waals surface area contributed by atoms with Crippen LogP contribution in [0.4, 0.5) is 5.69 Å². The van der Waals surface area contributed by atoms with Crippen molar-refractivity contribution in [3.63, 3.8) is 0 Å². The zero-order valence-corrected chi connectivity index (χ0v) is 23.4. The Kier molecular flexibility index (Phi) is 7.74. The summed E-state index contributed by atoms with van der Waals surface area (Å²) in [5.41, 5.74) is 5.63. The van der Waals surface area contributed by atoms with Crippen molar-refractivity contribution >= 4 is 33.9 Å². The molecule has 2 heterocycles. The second-order valence-corrected chi connectivity index (χ2v) is 11.5. The molecule has 6 nitrogen and oxygen atoms in total. The summed E-state index contributed by atoms with van der Waals surface area (Å²) in [7, 11) is 1.57. The topological polar surface area (TPSA) is 77.5 Å². The van der Waals surface area contributed by atoms with Crippen molar-refractivity contribution in [3.8, 4) is 11.5 Å². The highest BCUT2D eigenvalue weighted by atomic mass is 16.6. The Hall–Kier alpha value is -3.67. The van der Waals surface area contributed by atoms with E-state index in [1.54, 1.807) is 19.4 Å². The van der Waals surface area contributed by atoms with Gasteiger partial charge in [0.2, 0.25) is 0 Å². The highest BCUT2D eigenvalue weighted by molar-refractivity contribution is 6.12. The van der Waals surface area contributed by atoms with Crippen molar-refractivity contribution in [1.82, 2.24) is 4.98 Å². The summed E-state index contributed by atoms with van der Waals surface area (Å²) >= 11 is 0. The molecule has 1 unspecified atom stereocenters. The number of esters is 1. The number of rotatable bonds is 9. The Balaban J connectivity index is 1.48. The number of carbonyl (C=O) groups excluding carboxylic acids is 2. The molecule has 0 amide bonds. The molecule has 2 aromatic carbocycles. The molecule has 6 heteroatoms. The minimum atomic E-state index is -0.331. The molecule has 0 saturated heterocycles. The predicted octanol–water partition coefficient (Wildman–Crippen LogP) is 7.82. The molecular weight excluding hydrogens is 488 g/mol. The van der Waals surface area contributed by atoms with Crippen LogP contribution in [0.1, 0.15) is 89.3 Å². The maximum Gasteiger partial charge on any atom is 0.311 e. The maximum absolute atomic E-state index is 13.7. The number of pyridine rings is 1. The third-order valence-electron chi connectivity index (χ3n) is 7.82. The van der Waals surface area contributed by atoms with Crippen molar-refractivity contribution < 1.29 is 19.1 Å². The smallest absolute Gasteiger partial charge is 0.311 e. The molecule has 3 aromatic rings. The average molecular weight is 527 g/mol. The quantitative estimate of drug-likeness (QED) is 0.174. The van der Waals surface area contributed by atoms with Gasteiger partial charge in [-0.2, -0.15) is 0 Å². The van der Waals surface area contributed by atoms with Gasteiger partial charge in [0, 0.05) is 41.2 Å². The first-order valence-corrected chi connectivity index (χ1v) is 14.1. The van der Waals surface area contributed by atoms with Gasteiger partial charge in [0.1, 0.15) is 0 Å². The van der Waals surface area contributed by atoms with Crippen LogP contribution in [-0.4, -0.2) is 23.8 Å². The van der Waals surface area contributed by atoms with E-state index in [4.69, 9.17) is 9.47 Å². The number of ketones is 1. The van der Waals surface area contributed by atoms with Crippen molar-refractivity contribution in [2.45, 2.75) is 78.2 Å². The molecule has 2 aliphatic rings. The van der Waals surface area contributed by atoms with E-state index in [0.29, 0.717) is 24.3 Å². The fourth-order valence-corrected chi connectivity index (χ4v) is 5.96. The first-order chi connectivity index (χ1) is 18.8. The SMILES string of the molecule is CCCCCCCC(=O)Oc1ccc(C2Nc3ccc4ncccc4c3C3=C2C(=O)CC(C)(C)C3)cc1OC. The molecule has 1 aromatic heterocycles. The van der Waals surface area contributed by atoms with E-state index in [1.807, 2.05) is 24.3 Å². The van der Waals surface area contributed by atoms with E-state index < -0.39 is 0 Å². The maximum atomic E-state index is 13.7. The summed E-state index contributed by atoms with van der Waals surface area (Å²) in [5.74, 6) is 0.784. The van der Waals surface area contributed by atoms with Gasteiger partial charge >= 0.3 is 5.97 Å². The van der Waals surface area contributed by atoms with Crippen LogP contribution in [0.25, 0.3) is 16.5 Å². The predicted molar refractivity (Wildman–Crippen MR) is 155 cm³/mol. The number of carbonyl (C=O) groups is 2. The van der Waals surface area contributed by atoms with Crippen LogP contribution in [0.2, 0.25) is 0 Å². The van der Waals surface area contributed by atoms with Gasteiger partial charge in [-0.3, -0.25) is 14.6 Å². The van der Waals surface area contributed by atoms with Crippen LogP contribution in [0.5, 0.6) is 11.5 Å². The summed E-state index contributed by atoms with van der Waals surface area (Å²) < 4.78 is 11.3. The Morgan fingerprint density at radius 3 is 2.67 bits per heavy atom. The van der Waals surface area contributed by atoms with Crippen molar-refractivity contribution in [2.24, 2.45) is 5.41 Å². The van der Waals surface area contributed by atoms with Crippen molar-refractivity contribution in [2.75, 3.05) is 12.4 Å². The number of methoxy groups -OCH3 is 1. The van der Waals surface area contributed by atoms with Crippen molar-refractivity contribution in [1.29, 1.82) is 0 Å². The van der Waals surface area contributed by atoms with Crippen LogP contribution in [-0.2, 0) is 9.59 Å². The normalized spacial score (nSPS) is 17.8. The summed E-state index contributed by atoms with van der Waals surface area (Å²) in [4.78, 5) is 30.7. The Morgan fingerprint density at radius 2 is 1.87 bits per heavy atom. The van der Waals surface area contributed by atoms with Crippen LogP contribution < -0.4 is 14.8 Å². The number of Topliss-reactive ketones (excluding diaryl/α,β-unsaturated/α-hetero) is 1. The molecule has 1 aliphatic heterocycles. The monoisotopic (exact) mass is 526 g/mol. The number of hydrogen-bond acceptors (Lipinski definition) is 6. The van der Waals surface area contributed by atoms with E-state index in [1.165, 1.54) is 12.8 Å². The van der Waals surface area contributed by atoms with E-state index in [0.717, 1.165) is 64.5 Å². The largest absolute Gasteiger partial charge is 0.493 e. The van der Waals surface area contributed by atoms with Gasteiger partial charge in [-0.1, -0.05) is 58.6 Å². The molecule has 0 saturated carbocycles. The number of hydrogen-bond donors (Lipinski definition) is 1. The standard InChI is InChI=1S/C33H38N2O4/c1-5-6-7-8-9-12-29(37)39-27-16-13-21(18-28(27)38-4)32-31-23(19-33(2,3)20-26(31)36)30-22-11-10-17-34-24(22)14-15-25(30)35-32/h10-11,13-18,32,35H,5-9,12,19-20H2,1-4H3. The molecule has 5 rings (SSSR count). The van der Waals surface area contributed by atoms with Crippen LogP contribution >= 0.6 is 0 Å². The Bertz CT molecular complexity index is 1440. The molecule has 1 N–H and O–H groups in total. The number of ether oxygens (including phenoxy) is 2. The third-order valence-corrected chi connectivity index (χ3v) is 7.82. The fourth-order valence-electron chi connectivity index (χ4n) is 5.96. The first-order valence-electron chi connectivity index (χ1n) is 14.1. The highest BCUT2D eigenvalue weighted by Crippen LogP contribution is 2.52. The van der Waals surface area contributed by atoms with Crippen LogP contribution in [0, 0.1) is 5.41 Å². The second kappa shape index (κ2) is 11.2. The number of nitrogens with zero attached hydrogens (tertiary/aromatic N) is 1. The number of unbranched alkanes of at least 4 members (excludes halogenated alkanes) is 4. The number of anilines is 1. The molecule has 204 valence electrons. The van der Waals surface area contributed by atoms with Crippen LogP contribution in [0.15, 0.2) is 54.2 Å². The minimum Gasteiger partial charge on any atom is -0.493 e. The average Bonchev–Trinajstić information content (AvgIpc) is 2.91. The minimum absolute atomic E-state index is 0.133. The van der Waals surface area contributed by atoms with Gasteiger partial charge in [0.25, 0.3) is 0 Å². The lowest BCUT2D eigenvalue weighted by Crippen LogP contribution is -2.33. The van der Waals surface area contributed by atoms with E-state index in [-0.39, 0.29) is 23.2 Å². The second-order valence-electron chi connectivity index (χ2n) is 11.5. The number of allylic oxidation sites excluding steroid dienone is 1. The van der Waals surface area contributed by atoms with E-state index >= 15 is 0 Å². The molecule has 0 bridgehead atoms. The third kappa shape index (κ3) is 5.56. The van der Waals surface area contributed by atoms with Gasteiger partial charge in [-0.25, -0.2) is 0 Å². The zero-order valence-electron chi connectivity index (χ0n) is 23.4. The van der Waals surface area contributed by atoms with Gasteiger partial charge in [-0.05, 0) is 59.7 Å². The summed E-state index contributed by atoms with van der Waals surface area (Å²) in [6.07, 6.45) is 8.84. The van der Waals surface area contributed by atoms with Gasteiger partial charge in [-0.15, -0.1) is 0 Å². The van der Waals surface area contributed by atoms with Crippen molar-refractivity contribution in [3.05, 3.63) is 65.4 Å². The number of aromatic nitrogens is 1. The van der Waals surface area contributed by atoms with E-state index in [2.05, 4.69) is 43.2 Å². The van der Waals surface area contributed by atoms with Gasteiger partial charge in [0.15, 0.2) is 17.3 Å². The number of fused-ring (bicyclic) bond motifs is 4. The lowest BCUT2D eigenvalue weighted by atomic mass is 9.68. The molecule has 0 fully saturated rings.